The molecule has 5 heteroatoms. The summed E-state index contributed by atoms with van der Waals surface area (Å²) in [6.07, 6.45) is 3.30. The van der Waals surface area contributed by atoms with Crippen LogP contribution in [-0.2, 0) is 4.79 Å². The van der Waals surface area contributed by atoms with Crippen molar-refractivity contribution in [2.24, 2.45) is 5.73 Å². The summed E-state index contributed by atoms with van der Waals surface area (Å²) in [5.74, 6) is -0.251. The van der Waals surface area contributed by atoms with Gasteiger partial charge in [-0.1, -0.05) is 15.9 Å². The molecule has 1 amide bonds. The predicted octanol–water partition coefficient (Wildman–Crippen LogP) is 1.95. The maximum atomic E-state index is 11.9. The fourth-order valence-electron chi connectivity index (χ4n) is 2.76. The number of halogens is 1. The largest absolute Gasteiger partial charge is 0.370 e. The third kappa shape index (κ3) is 2.62. The molecule has 1 aromatic rings. The summed E-state index contributed by atoms with van der Waals surface area (Å²) in [4.78, 5) is 14.3. The molecule has 1 heterocycles. The minimum atomic E-state index is -0.615. The van der Waals surface area contributed by atoms with Crippen LogP contribution in [0.2, 0.25) is 0 Å². The van der Waals surface area contributed by atoms with E-state index in [1.54, 1.807) is 0 Å². The van der Waals surface area contributed by atoms with E-state index < -0.39 is 5.54 Å². The van der Waals surface area contributed by atoms with Crippen LogP contribution in [0.3, 0.4) is 0 Å². The first-order valence-corrected chi connectivity index (χ1v) is 7.46. The number of rotatable bonds is 4. The van der Waals surface area contributed by atoms with E-state index in [1.165, 1.54) is 12.8 Å². The SMILES string of the molecule is NC(=O)C1(Nc2ccc(Br)cc2)CCN(C2CC2)C1. The number of primary amides is 1. The van der Waals surface area contributed by atoms with Crippen LogP contribution in [0.4, 0.5) is 5.69 Å². The summed E-state index contributed by atoms with van der Waals surface area (Å²) < 4.78 is 1.03. The Bertz CT molecular complexity index is 486. The van der Waals surface area contributed by atoms with Crippen molar-refractivity contribution in [1.82, 2.24) is 4.90 Å². The molecular formula is C14H18BrN3O. The molecular weight excluding hydrogens is 306 g/mol. The smallest absolute Gasteiger partial charge is 0.244 e. The topological polar surface area (TPSA) is 58.4 Å². The maximum Gasteiger partial charge on any atom is 0.244 e. The van der Waals surface area contributed by atoms with Gasteiger partial charge in [-0.2, -0.15) is 0 Å². The maximum absolute atomic E-state index is 11.9. The van der Waals surface area contributed by atoms with Crippen LogP contribution in [0, 0.1) is 0 Å². The minimum absolute atomic E-state index is 0.251. The van der Waals surface area contributed by atoms with Gasteiger partial charge < -0.3 is 11.1 Å². The highest BCUT2D eigenvalue weighted by Crippen LogP contribution is 2.35. The molecule has 0 aromatic heterocycles. The van der Waals surface area contributed by atoms with Crippen LogP contribution in [0.5, 0.6) is 0 Å². The van der Waals surface area contributed by atoms with Crippen LogP contribution in [0.15, 0.2) is 28.7 Å². The van der Waals surface area contributed by atoms with E-state index >= 15 is 0 Å². The van der Waals surface area contributed by atoms with Gasteiger partial charge in [-0.15, -0.1) is 0 Å². The second-order valence-electron chi connectivity index (χ2n) is 5.53. The molecule has 3 rings (SSSR count). The summed E-state index contributed by atoms with van der Waals surface area (Å²) in [5.41, 5.74) is 5.99. The van der Waals surface area contributed by atoms with Crippen molar-refractivity contribution in [3.05, 3.63) is 28.7 Å². The van der Waals surface area contributed by atoms with Gasteiger partial charge in [0.25, 0.3) is 0 Å². The molecule has 0 spiro atoms. The summed E-state index contributed by atoms with van der Waals surface area (Å²) in [5, 5.41) is 3.36. The van der Waals surface area contributed by atoms with Crippen molar-refractivity contribution in [3.63, 3.8) is 0 Å². The van der Waals surface area contributed by atoms with Crippen molar-refractivity contribution >= 4 is 27.5 Å². The lowest BCUT2D eigenvalue weighted by atomic mass is 9.97. The summed E-state index contributed by atoms with van der Waals surface area (Å²) in [6.45, 7) is 1.68. The Morgan fingerprint density at radius 1 is 1.37 bits per heavy atom. The van der Waals surface area contributed by atoms with E-state index in [2.05, 4.69) is 26.1 Å². The quantitative estimate of drug-likeness (QED) is 0.890. The molecule has 102 valence electrons. The molecule has 0 radical (unpaired) electrons. The Morgan fingerprint density at radius 3 is 2.63 bits per heavy atom. The van der Waals surface area contributed by atoms with Gasteiger partial charge in [-0.25, -0.2) is 0 Å². The van der Waals surface area contributed by atoms with E-state index in [0.29, 0.717) is 6.04 Å². The van der Waals surface area contributed by atoms with E-state index in [-0.39, 0.29) is 5.91 Å². The fraction of sp³-hybridized carbons (Fsp3) is 0.500. The summed E-state index contributed by atoms with van der Waals surface area (Å²) in [7, 11) is 0. The first-order valence-electron chi connectivity index (χ1n) is 6.67. The minimum Gasteiger partial charge on any atom is -0.370 e. The average Bonchev–Trinajstić information content (AvgIpc) is 3.14. The summed E-state index contributed by atoms with van der Waals surface area (Å²) in [6, 6.07) is 8.53. The molecule has 3 N–H and O–H groups in total. The Kier molecular flexibility index (Phi) is 3.27. The first-order chi connectivity index (χ1) is 9.09. The molecule has 19 heavy (non-hydrogen) atoms. The zero-order valence-electron chi connectivity index (χ0n) is 10.7. The van der Waals surface area contributed by atoms with Crippen molar-refractivity contribution < 1.29 is 4.79 Å². The highest BCUT2D eigenvalue weighted by Gasteiger charge is 2.47. The summed E-state index contributed by atoms with van der Waals surface area (Å²) >= 11 is 3.41. The normalized spacial score (nSPS) is 27.4. The average molecular weight is 324 g/mol. The number of nitrogens with two attached hydrogens (primary N) is 1. The number of hydrogen-bond donors (Lipinski definition) is 2. The lowest BCUT2D eigenvalue weighted by Gasteiger charge is -2.28. The fourth-order valence-corrected chi connectivity index (χ4v) is 3.03. The van der Waals surface area contributed by atoms with E-state index in [1.807, 2.05) is 24.3 Å². The second-order valence-corrected chi connectivity index (χ2v) is 6.45. The van der Waals surface area contributed by atoms with Gasteiger partial charge in [0.2, 0.25) is 5.91 Å². The highest BCUT2D eigenvalue weighted by atomic mass is 79.9. The van der Waals surface area contributed by atoms with Gasteiger partial charge in [-0.05, 0) is 43.5 Å². The number of hydrogen-bond acceptors (Lipinski definition) is 3. The van der Waals surface area contributed by atoms with Crippen molar-refractivity contribution in [1.29, 1.82) is 0 Å². The number of carbonyl (C=O) groups is 1. The third-order valence-corrected chi connectivity index (χ3v) is 4.59. The lowest BCUT2D eigenvalue weighted by Crippen LogP contribution is -2.52. The number of nitrogens with one attached hydrogen (secondary N) is 1. The van der Waals surface area contributed by atoms with Gasteiger partial charge in [0.15, 0.2) is 0 Å². The van der Waals surface area contributed by atoms with Crippen LogP contribution in [0.25, 0.3) is 0 Å². The Morgan fingerprint density at radius 2 is 2.05 bits per heavy atom. The molecule has 1 aliphatic carbocycles. The van der Waals surface area contributed by atoms with Crippen LogP contribution < -0.4 is 11.1 Å². The molecule has 0 bridgehead atoms. The number of anilines is 1. The van der Waals surface area contributed by atoms with Gasteiger partial charge in [0.1, 0.15) is 5.54 Å². The Hall–Kier alpha value is -1.07. The molecule has 1 saturated heterocycles. The van der Waals surface area contributed by atoms with Crippen LogP contribution in [0.1, 0.15) is 19.3 Å². The van der Waals surface area contributed by atoms with E-state index in [9.17, 15) is 4.79 Å². The molecule has 1 saturated carbocycles. The molecule has 2 fully saturated rings. The van der Waals surface area contributed by atoms with E-state index in [4.69, 9.17) is 5.73 Å². The second kappa shape index (κ2) is 4.80. The Balaban J connectivity index is 1.77. The Labute approximate surface area is 121 Å². The molecule has 2 aliphatic rings. The van der Waals surface area contributed by atoms with Gasteiger partial charge >= 0.3 is 0 Å². The number of nitrogens with zero attached hydrogens (tertiary/aromatic N) is 1. The third-order valence-electron chi connectivity index (χ3n) is 4.06. The monoisotopic (exact) mass is 323 g/mol. The van der Waals surface area contributed by atoms with Gasteiger partial charge in [0, 0.05) is 29.3 Å². The molecule has 4 nitrogen and oxygen atoms in total. The van der Waals surface area contributed by atoms with Crippen molar-refractivity contribution in [3.8, 4) is 0 Å². The van der Waals surface area contributed by atoms with Crippen molar-refractivity contribution in [2.75, 3.05) is 18.4 Å². The zero-order valence-corrected chi connectivity index (χ0v) is 12.3. The standard InChI is InChI=1S/C14H18BrN3O/c15-10-1-3-11(4-2-10)17-14(13(16)19)7-8-18(9-14)12-5-6-12/h1-4,12,17H,5-9H2,(H2,16,19). The molecule has 1 aliphatic heterocycles. The van der Waals surface area contributed by atoms with Gasteiger partial charge in [-0.3, -0.25) is 9.69 Å². The van der Waals surface area contributed by atoms with Gasteiger partial charge in [0.05, 0.1) is 0 Å². The number of likely N-dealkylation sites (tertiary alicyclic amines) is 1. The number of amides is 1. The molecule has 1 aromatic carbocycles. The van der Waals surface area contributed by atoms with Crippen LogP contribution in [-0.4, -0.2) is 35.5 Å². The first kappa shape index (κ1) is 12.9. The highest BCUT2D eigenvalue weighted by molar-refractivity contribution is 9.10. The molecule has 1 atom stereocenters. The van der Waals surface area contributed by atoms with E-state index in [0.717, 1.165) is 29.7 Å². The molecule has 1 unspecified atom stereocenters. The number of benzene rings is 1. The zero-order chi connectivity index (χ0) is 13.5. The van der Waals surface area contributed by atoms with Crippen LogP contribution >= 0.6 is 15.9 Å². The van der Waals surface area contributed by atoms with Crippen molar-refractivity contribution in [2.45, 2.75) is 30.8 Å². The number of carbonyl (C=O) groups excluding carboxylic acids is 1. The predicted molar refractivity (Wildman–Crippen MR) is 78.9 cm³/mol. The lowest BCUT2D eigenvalue weighted by molar-refractivity contribution is -0.121.